The number of rotatable bonds is 4. The van der Waals surface area contributed by atoms with E-state index in [9.17, 15) is 4.79 Å². The molecule has 2 heterocycles. The van der Waals surface area contributed by atoms with Gasteiger partial charge in [0.05, 0.1) is 0 Å². The van der Waals surface area contributed by atoms with Crippen molar-refractivity contribution in [3.63, 3.8) is 0 Å². The molecule has 0 spiro atoms. The predicted molar refractivity (Wildman–Crippen MR) is 67.7 cm³/mol. The Bertz CT molecular complexity index is 306. The fraction of sp³-hybridized carbons (Fsp3) is 0.929. The number of nitrogens with one attached hydrogen (secondary N) is 1. The molecule has 2 unspecified atom stereocenters. The Labute approximate surface area is 104 Å². The van der Waals surface area contributed by atoms with Gasteiger partial charge in [-0.1, -0.05) is 13.3 Å². The maximum absolute atomic E-state index is 11.8. The van der Waals surface area contributed by atoms with Gasteiger partial charge in [-0.05, 0) is 37.5 Å². The Morgan fingerprint density at radius 2 is 2.24 bits per heavy atom. The second-order valence-electron chi connectivity index (χ2n) is 6.20. The lowest BCUT2D eigenvalue weighted by Crippen LogP contribution is -2.46. The fourth-order valence-electron chi connectivity index (χ4n) is 3.85. The van der Waals surface area contributed by atoms with Crippen LogP contribution in [0.5, 0.6) is 0 Å². The molecule has 0 bridgehead atoms. The van der Waals surface area contributed by atoms with E-state index in [1.54, 1.807) is 0 Å². The van der Waals surface area contributed by atoms with Gasteiger partial charge in [-0.2, -0.15) is 0 Å². The van der Waals surface area contributed by atoms with Crippen LogP contribution in [0.1, 0.15) is 51.9 Å². The average Bonchev–Trinajstić information content (AvgIpc) is 2.83. The Morgan fingerprint density at radius 3 is 2.88 bits per heavy atom. The summed E-state index contributed by atoms with van der Waals surface area (Å²) in [6.07, 6.45) is 8.60. The summed E-state index contributed by atoms with van der Waals surface area (Å²) in [5.74, 6) is 0.379. The molecule has 17 heavy (non-hydrogen) atoms. The van der Waals surface area contributed by atoms with Crippen LogP contribution in [0, 0.1) is 5.41 Å². The van der Waals surface area contributed by atoms with Gasteiger partial charge >= 0.3 is 0 Å². The van der Waals surface area contributed by atoms with Gasteiger partial charge in [0.15, 0.2) is 0 Å². The van der Waals surface area contributed by atoms with E-state index < -0.39 is 0 Å². The molecule has 3 fully saturated rings. The number of amides is 1. The molecule has 1 N–H and O–H groups in total. The van der Waals surface area contributed by atoms with E-state index in [-0.39, 0.29) is 0 Å². The predicted octanol–water partition coefficient (Wildman–Crippen LogP) is 1.92. The van der Waals surface area contributed by atoms with Gasteiger partial charge in [-0.25, -0.2) is 0 Å². The van der Waals surface area contributed by atoms with E-state index in [0.29, 0.717) is 23.4 Å². The second-order valence-corrected chi connectivity index (χ2v) is 6.20. The Kier molecular flexibility index (Phi) is 2.89. The lowest BCUT2D eigenvalue weighted by Gasteiger charge is -2.42. The summed E-state index contributed by atoms with van der Waals surface area (Å²) in [6.45, 7) is 4.44. The van der Waals surface area contributed by atoms with Crippen LogP contribution in [-0.4, -0.2) is 36.0 Å². The first-order valence-corrected chi connectivity index (χ1v) is 7.27. The number of hydrogen-bond acceptors (Lipinski definition) is 2. The lowest BCUT2D eigenvalue weighted by molar-refractivity contribution is -0.127. The minimum absolute atomic E-state index is 0.379. The zero-order valence-corrected chi connectivity index (χ0v) is 10.9. The average molecular weight is 236 g/mol. The molecule has 2 atom stereocenters. The van der Waals surface area contributed by atoms with Crippen molar-refractivity contribution in [3.8, 4) is 0 Å². The highest BCUT2D eigenvalue weighted by Gasteiger charge is 2.43. The highest BCUT2D eigenvalue weighted by atomic mass is 16.2. The maximum Gasteiger partial charge on any atom is 0.224 e. The third-order valence-corrected chi connectivity index (χ3v) is 5.38. The van der Waals surface area contributed by atoms with Crippen LogP contribution in [0.3, 0.4) is 0 Å². The van der Waals surface area contributed by atoms with Crippen molar-refractivity contribution in [3.05, 3.63) is 0 Å². The van der Waals surface area contributed by atoms with Crippen molar-refractivity contribution in [2.75, 3.05) is 13.1 Å². The minimum Gasteiger partial charge on any atom is -0.338 e. The van der Waals surface area contributed by atoms with Gasteiger partial charge < -0.3 is 10.2 Å². The second kappa shape index (κ2) is 4.27. The van der Waals surface area contributed by atoms with Crippen molar-refractivity contribution < 1.29 is 4.79 Å². The van der Waals surface area contributed by atoms with E-state index in [1.165, 1.54) is 38.5 Å². The minimum atomic E-state index is 0.379. The normalized spacial score (nSPS) is 34.9. The molecule has 3 rings (SSSR count). The molecule has 0 aromatic heterocycles. The van der Waals surface area contributed by atoms with Gasteiger partial charge in [0.25, 0.3) is 0 Å². The Morgan fingerprint density at radius 1 is 1.41 bits per heavy atom. The molecule has 1 amide bonds. The summed E-state index contributed by atoms with van der Waals surface area (Å²) < 4.78 is 0. The Hall–Kier alpha value is -0.570. The molecular weight excluding hydrogens is 212 g/mol. The van der Waals surface area contributed by atoms with Crippen molar-refractivity contribution in [1.82, 2.24) is 10.2 Å². The lowest BCUT2D eigenvalue weighted by atomic mass is 9.67. The van der Waals surface area contributed by atoms with Crippen molar-refractivity contribution in [2.45, 2.75) is 64.0 Å². The topological polar surface area (TPSA) is 32.3 Å². The maximum atomic E-state index is 11.8. The highest BCUT2D eigenvalue weighted by molar-refractivity contribution is 5.80. The number of hydrogen-bond donors (Lipinski definition) is 1. The number of carbonyl (C=O) groups excluding carboxylic acids is 1. The molecule has 1 saturated carbocycles. The van der Waals surface area contributed by atoms with E-state index in [4.69, 9.17) is 0 Å². The van der Waals surface area contributed by atoms with Crippen molar-refractivity contribution in [2.24, 2.45) is 5.41 Å². The van der Waals surface area contributed by atoms with Crippen LogP contribution in [0.25, 0.3) is 0 Å². The zero-order chi connectivity index (χ0) is 11.9. The molecule has 0 radical (unpaired) electrons. The van der Waals surface area contributed by atoms with Crippen molar-refractivity contribution >= 4 is 5.91 Å². The molecule has 1 aliphatic carbocycles. The molecule has 2 saturated heterocycles. The van der Waals surface area contributed by atoms with Crippen LogP contribution in [-0.2, 0) is 4.79 Å². The van der Waals surface area contributed by atoms with Crippen LogP contribution >= 0.6 is 0 Å². The highest BCUT2D eigenvalue weighted by Crippen LogP contribution is 2.43. The van der Waals surface area contributed by atoms with Crippen molar-refractivity contribution in [1.29, 1.82) is 0 Å². The van der Waals surface area contributed by atoms with Crippen LogP contribution < -0.4 is 5.32 Å². The third-order valence-electron chi connectivity index (χ3n) is 5.38. The van der Waals surface area contributed by atoms with E-state index >= 15 is 0 Å². The van der Waals surface area contributed by atoms with Gasteiger partial charge in [0.1, 0.15) is 0 Å². The van der Waals surface area contributed by atoms with Crippen LogP contribution in [0.4, 0.5) is 0 Å². The third kappa shape index (κ3) is 1.88. The monoisotopic (exact) mass is 236 g/mol. The van der Waals surface area contributed by atoms with Crippen LogP contribution in [0.2, 0.25) is 0 Å². The quantitative estimate of drug-likeness (QED) is 0.809. The first kappa shape index (κ1) is 11.5. The van der Waals surface area contributed by atoms with Gasteiger partial charge in [-0.3, -0.25) is 4.79 Å². The number of fused-ring (bicyclic) bond motifs is 1. The van der Waals surface area contributed by atoms with E-state index in [0.717, 1.165) is 19.5 Å². The molecule has 2 aliphatic heterocycles. The first-order valence-electron chi connectivity index (χ1n) is 7.27. The van der Waals surface area contributed by atoms with Gasteiger partial charge in [0, 0.05) is 31.6 Å². The number of carbonyl (C=O) groups is 1. The summed E-state index contributed by atoms with van der Waals surface area (Å²) in [7, 11) is 0. The molecule has 3 heteroatoms. The smallest absolute Gasteiger partial charge is 0.224 e. The summed E-state index contributed by atoms with van der Waals surface area (Å²) >= 11 is 0. The molecule has 96 valence electrons. The van der Waals surface area contributed by atoms with E-state index in [1.807, 2.05) is 0 Å². The summed E-state index contributed by atoms with van der Waals surface area (Å²) in [5, 5.41) is 3.71. The van der Waals surface area contributed by atoms with Crippen LogP contribution in [0.15, 0.2) is 0 Å². The summed E-state index contributed by atoms with van der Waals surface area (Å²) in [4.78, 5) is 13.9. The van der Waals surface area contributed by atoms with Gasteiger partial charge in [-0.15, -0.1) is 0 Å². The van der Waals surface area contributed by atoms with Gasteiger partial charge in [0.2, 0.25) is 5.91 Å². The molecule has 3 aliphatic rings. The Balaban J connectivity index is 1.57. The molecule has 3 nitrogen and oxygen atoms in total. The zero-order valence-electron chi connectivity index (χ0n) is 10.9. The summed E-state index contributed by atoms with van der Waals surface area (Å²) in [6, 6.07) is 0.950. The molecule has 0 aromatic carbocycles. The first-order chi connectivity index (χ1) is 8.24. The number of nitrogens with zero attached hydrogens (tertiary/aromatic N) is 1. The van der Waals surface area contributed by atoms with E-state index in [2.05, 4.69) is 17.1 Å². The largest absolute Gasteiger partial charge is 0.338 e. The SMILES string of the molecule is CCC1(CNC2CC(=O)N3CCCC23)CCC1. The molecule has 0 aromatic rings. The molecular formula is C14H24N2O. The fourth-order valence-corrected chi connectivity index (χ4v) is 3.85. The summed E-state index contributed by atoms with van der Waals surface area (Å²) in [5.41, 5.74) is 0.565. The standard InChI is InChI=1S/C14H24N2O/c1-2-14(6-4-7-14)10-15-11-9-13(17)16-8-3-5-12(11)16/h11-12,15H,2-10H2,1H3.